The summed E-state index contributed by atoms with van der Waals surface area (Å²) in [6.45, 7) is 0. The minimum absolute atomic E-state index is 0.139. The number of carboxylic acids is 1. The minimum Gasteiger partial charge on any atom is -0.475 e. The first-order chi connectivity index (χ1) is 14.2. The lowest BCUT2D eigenvalue weighted by atomic mass is 10.3. The molecule has 0 spiro atoms. The zero-order valence-corrected chi connectivity index (χ0v) is 19.7. The summed E-state index contributed by atoms with van der Waals surface area (Å²) in [5.41, 5.74) is 6.93. The summed E-state index contributed by atoms with van der Waals surface area (Å²) in [4.78, 5) is 13.9. The van der Waals surface area contributed by atoms with Gasteiger partial charge in [0.2, 0.25) is 9.84 Å². The summed E-state index contributed by atoms with van der Waals surface area (Å²) in [7, 11) is -1.93. The number of sulfone groups is 1. The number of rotatable bonds is 4. The van der Waals surface area contributed by atoms with Crippen LogP contribution in [0, 0.1) is 5.41 Å². The number of amidine groups is 1. The van der Waals surface area contributed by atoms with Gasteiger partial charge in [0, 0.05) is 11.5 Å². The number of nitrogen functional groups attached to an aromatic ring is 1. The van der Waals surface area contributed by atoms with E-state index in [0.717, 1.165) is 5.52 Å². The van der Waals surface area contributed by atoms with Gasteiger partial charge in [-0.25, -0.2) is 18.2 Å². The molecule has 0 unspecified atom stereocenters. The number of nitrogens with zero attached hydrogens (tertiary/aromatic N) is 2. The third-order valence-electron chi connectivity index (χ3n) is 3.72. The second kappa shape index (κ2) is 9.18. The standard InChI is InChI=1S/C14H13BrN4O2S3.C2HF3O2/c1-19-6-18-12-8(15)3-7(4-9(12)19)24(20,21)11-5-10(13(16)17)23-14(11)22-2;3-2(4,5)1(6)7/h3-6H,1-2H3,(H3,16,17);(H,6,7). The van der Waals surface area contributed by atoms with E-state index >= 15 is 0 Å². The molecule has 2 heterocycles. The molecular weight excluding hydrogens is 545 g/mol. The van der Waals surface area contributed by atoms with Crippen molar-refractivity contribution in [3.8, 4) is 0 Å². The highest BCUT2D eigenvalue weighted by atomic mass is 79.9. The number of nitrogens with two attached hydrogens (primary N) is 1. The van der Waals surface area contributed by atoms with Crippen LogP contribution >= 0.6 is 39.0 Å². The van der Waals surface area contributed by atoms with Crippen LogP contribution < -0.4 is 5.73 Å². The topological polar surface area (TPSA) is 139 Å². The average molecular weight is 559 g/mol. The number of benzene rings is 1. The van der Waals surface area contributed by atoms with Gasteiger partial charge in [-0.1, -0.05) is 0 Å². The van der Waals surface area contributed by atoms with Crippen molar-refractivity contribution in [3.63, 3.8) is 0 Å². The van der Waals surface area contributed by atoms with Crippen molar-refractivity contribution in [2.45, 2.75) is 20.2 Å². The van der Waals surface area contributed by atoms with Gasteiger partial charge < -0.3 is 15.4 Å². The first-order valence-electron chi connectivity index (χ1n) is 7.88. The highest BCUT2D eigenvalue weighted by Crippen LogP contribution is 2.38. The maximum Gasteiger partial charge on any atom is 0.490 e. The number of aryl methyl sites for hydroxylation is 1. The van der Waals surface area contributed by atoms with Crippen LogP contribution in [-0.4, -0.2) is 47.3 Å². The van der Waals surface area contributed by atoms with Crippen LogP contribution in [0.2, 0.25) is 0 Å². The van der Waals surface area contributed by atoms with E-state index in [-0.39, 0.29) is 15.6 Å². The van der Waals surface area contributed by atoms with Gasteiger partial charge in [-0.3, -0.25) is 5.41 Å². The Hall–Kier alpha value is -2.10. The van der Waals surface area contributed by atoms with Crippen LogP contribution in [0.15, 0.2) is 43.0 Å². The molecule has 1 aromatic carbocycles. The molecule has 8 nitrogen and oxygen atoms in total. The van der Waals surface area contributed by atoms with E-state index in [2.05, 4.69) is 20.9 Å². The Bertz CT molecular complexity index is 1270. The summed E-state index contributed by atoms with van der Waals surface area (Å²) >= 11 is 5.93. The number of thiophene rings is 1. The number of carbonyl (C=O) groups is 1. The van der Waals surface area contributed by atoms with Gasteiger partial charge >= 0.3 is 12.1 Å². The second-order valence-corrected chi connectivity index (χ2v) is 10.7. The van der Waals surface area contributed by atoms with Gasteiger partial charge in [0.25, 0.3) is 0 Å². The molecule has 0 radical (unpaired) electrons. The van der Waals surface area contributed by atoms with Gasteiger partial charge in [0.05, 0.1) is 30.7 Å². The van der Waals surface area contributed by atoms with E-state index < -0.39 is 22.0 Å². The van der Waals surface area contributed by atoms with E-state index in [4.69, 9.17) is 21.0 Å². The molecule has 4 N–H and O–H groups in total. The van der Waals surface area contributed by atoms with Crippen molar-refractivity contribution < 1.29 is 31.5 Å². The van der Waals surface area contributed by atoms with E-state index in [1.807, 2.05) is 7.05 Å². The number of nitrogens with one attached hydrogen (secondary N) is 1. The van der Waals surface area contributed by atoms with E-state index in [9.17, 15) is 21.6 Å². The Morgan fingerprint density at radius 1 is 1.35 bits per heavy atom. The first kappa shape index (κ1) is 25.2. The lowest BCUT2D eigenvalue weighted by Crippen LogP contribution is -2.21. The molecule has 0 aliphatic rings. The maximum atomic E-state index is 13.1. The fraction of sp³-hybridized carbons (Fsp3) is 0.188. The summed E-state index contributed by atoms with van der Waals surface area (Å²) in [5, 5.41) is 14.7. The number of alkyl halides is 3. The molecule has 0 bridgehead atoms. The third kappa shape index (κ3) is 5.39. The van der Waals surface area contributed by atoms with E-state index in [1.54, 1.807) is 29.3 Å². The first-order valence-corrected chi connectivity index (χ1v) is 12.2. The van der Waals surface area contributed by atoms with Crippen molar-refractivity contribution in [2.24, 2.45) is 12.8 Å². The monoisotopic (exact) mass is 558 g/mol. The van der Waals surface area contributed by atoms with Crippen molar-refractivity contribution in [2.75, 3.05) is 6.26 Å². The van der Waals surface area contributed by atoms with Crippen molar-refractivity contribution in [1.82, 2.24) is 9.55 Å². The smallest absolute Gasteiger partial charge is 0.475 e. The number of fused-ring (bicyclic) bond motifs is 1. The fourth-order valence-corrected chi connectivity index (χ4v) is 6.87. The molecule has 0 aliphatic heterocycles. The van der Waals surface area contributed by atoms with Crippen LogP contribution in [0.5, 0.6) is 0 Å². The van der Waals surface area contributed by atoms with E-state index in [0.29, 0.717) is 19.1 Å². The maximum absolute atomic E-state index is 13.1. The molecule has 0 aliphatic carbocycles. The summed E-state index contributed by atoms with van der Waals surface area (Å²) < 4.78 is 61.0. The predicted octanol–water partition coefficient (Wildman–Crippen LogP) is 3.87. The van der Waals surface area contributed by atoms with Crippen LogP contribution in [0.25, 0.3) is 11.0 Å². The molecular formula is C16H14BrF3N4O4S3. The molecule has 2 aromatic heterocycles. The SMILES string of the molecule is CSc1sc(C(=N)N)cc1S(=O)(=O)c1cc(Br)c2ncn(C)c2c1.O=C(O)C(F)(F)F. The lowest BCUT2D eigenvalue weighted by molar-refractivity contribution is -0.192. The highest BCUT2D eigenvalue weighted by Gasteiger charge is 2.38. The van der Waals surface area contributed by atoms with Gasteiger partial charge in [0.1, 0.15) is 11.4 Å². The largest absolute Gasteiger partial charge is 0.490 e. The molecule has 168 valence electrons. The highest BCUT2D eigenvalue weighted by molar-refractivity contribution is 9.10. The number of hydrogen-bond donors (Lipinski definition) is 3. The zero-order valence-electron chi connectivity index (χ0n) is 15.7. The van der Waals surface area contributed by atoms with Crippen LogP contribution in [0.4, 0.5) is 13.2 Å². The number of carboxylic acid groups (broad SMARTS) is 1. The summed E-state index contributed by atoms with van der Waals surface area (Å²) in [6.07, 6.45) is -1.65. The van der Waals surface area contributed by atoms with Gasteiger partial charge in [-0.15, -0.1) is 23.1 Å². The summed E-state index contributed by atoms with van der Waals surface area (Å²) in [5.74, 6) is -2.90. The molecule has 3 aromatic rings. The Kier molecular flexibility index (Phi) is 7.45. The van der Waals surface area contributed by atoms with Crippen molar-refractivity contribution in [3.05, 3.63) is 33.9 Å². The molecule has 0 saturated heterocycles. The van der Waals surface area contributed by atoms with Crippen molar-refractivity contribution >= 4 is 71.7 Å². The minimum atomic E-state index is -5.08. The Labute approximate surface area is 190 Å². The average Bonchev–Trinajstić information content (AvgIpc) is 3.26. The molecule has 0 atom stereocenters. The quantitative estimate of drug-likeness (QED) is 0.251. The fourth-order valence-electron chi connectivity index (χ4n) is 2.27. The normalized spacial score (nSPS) is 11.8. The Morgan fingerprint density at radius 2 is 1.94 bits per heavy atom. The second-order valence-electron chi connectivity index (χ2n) is 5.81. The van der Waals surface area contributed by atoms with Gasteiger partial charge in [0.15, 0.2) is 0 Å². The molecule has 15 heteroatoms. The van der Waals surface area contributed by atoms with Gasteiger partial charge in [-0.2, -0.15) is 13.2 Å². The number of halogens is 4. The molecule has 0 saturated carbocycles. The predicted molar refractivity (Wildman–Crippen MR) is 115 cm³/mol. The number of aliphatic carboxylic acids is 1. The van der Waals surface area contributed by atoms with Gasteiger partial charge in [-0.05, 0) is 40.4 Å². The van der Waals surface area contributed by atoms with Crippen LogP contribution in [0.3, 0.4) is 0 Å². The molecule has 0 fully saturated rings. The number of aromatic nitrogens is 2. The Balaban J connectivity index is 0.000000423. The van der Waals surface area contributed by atoms with Crippen LogP contribution in [-0.2, 0) is 21.7 Å². The Morgan fingerprint density at radius 3 is 2.42 bits per heavy atom. The third-order valence-corrected chi connectivity index (χ3v) is 8.64. The van der Waals surface area contributed by atoms with Crippen LogP contribution in [0.1, 0.15) is 4.88 Å². The number of imidazole rings is 1. The lowest BCUT2D eigenvalue weighted by Gasteiger charge is -2.06. The number of thioether (sulfide) groups is 1. The molecule has 31 heavy (non-hydrogen) atoms. The zero-order chi connectivity index (χ0) is 23.7. The number of hydrogen-bond acceptors (Lipinski definition) is 7. The van der Waals surface area contributed by atoms with E-state index in [1.165, 1.54) is 29.2 Å². The molecule has 0 amide bonds. The summed E-state index contributed by atoms with van der Waals surface area (Å²) in [6, 6.07) is 4.63. The molecule has 3 rings (SSSR count). The van der Waals surface area contributed by atoms with Crippen molar-refractivity contribution in [1.29, 1.82) is 5.41 Å².